The van der Waals surface area contributed by atoms with Crippen LogP contribution in [0.2, 0.25) is 0 Å². The van der Waals surface area contributed by atoms with Crippen LogP contribution in [0.3, 0.4) is 0 Å². The molecule has 2 aliphatic rings. The van der Waals surface area contributed by atoms with Crippen molar-refractivity contribution >= 4 is 93.3 Å². The standard InChI is InChI=1S/C42H24N2O2/c1-5-13-34-24(9-1)25-10-2-6-14-35(25)43(34)23-21-32-28-17-19-30-26-11-3-7-15-36(26)45-41(30)39(28)44-38(32)33(22-23)29-18-20-31-27-12-4-8-16-37(27)46-42(31)40(29)44/h1-22,24,34H. The van der Waals surface area contributed by atoms with Crippen molar-refractivity contribution in [1.82, 2.24) is 4.40 Å². The van der Waals surface area contributed by atoms with Gasteiger partial charge in [0.1, 0.15) is 11.2 Å². The maximum atomic E-state index is 6.72. The molecule has 0 radical (unpaired) electrons. The number of anilines is 2. The van der Waals surface area contributed by atoms with Crippen LogP contribution in [0, 0.1) is 0 Å². The van der Waals surface area contributed by atoms with E-state index in [0.717, 1.165) is 54.9 Å². The Balaban J connectivity index is 1.29. The average Bonchev–Trinajstić information content (AvgIpc) is 3.90. The number of aromatic nitrogens is 1. The van der Waals surface area contributed by atoms with Crippen LogP contribution in [0.1, 0.15) is 11.5 Å². The van der Waals surface area contributed by atoms with Crippen molar-refractivity contribution in [2.45, 2.75) is 12.0 Å². The van der Waals surface area contributed by atoms with Gasteiger partial charge in [-0.1, -0.05) is 91.0 Å². The van der Waals surface area contributed by atoms with E-state index in [0.29, 0.717) is 5.92 Å². The fourth-order valence-electron chi connectivity index (χ4n) is 8.76. The number of hydrogen-bond acceptors (Lipinski definition) is 3. The molecule has 2 unspecified atom stereocenters. The van der Waals surface area contributed by atoms with Gasteiger partial charge in [-0.15, -0.1) is 0 Å². The Kier molecular flexibility index (Phi) is 4.06. The molecule has 46 heavy (non-hydrogen) atoms. The van der Waals surface area contributed by atoms with E-state index in [1.54, 1.807) is 0 Å². The first-order valence-corrected chi connectivity index (χ1v) is 15.9. The number of fused-ring (bicyclic) bond motifs is 17. The Morgan fingerprint density at radius 2 is 1.04 bits per heavy atom. The SMILES string of the molecule is C1=CC2c3ccccc3N(c3cc4c5ccc6c7ccccc7oc6c5n5c4c(c3)c3ccc4c6ccccc6oc4c35)C2C=C1. The van der Waals surface area contributed by atoms with Crippen molar-refractivity contribution in [1.29, 1.82) is 0 Å². The summed E-state index contributed by atoms with van der Waals surface area (Å²) in [7, 11) is 0. The minimum atomic E-state index is 0.223. The third kappa shape index (κ3) is 2.65. The van der Waals surface area contributed by atoms with E-state index in [2.05, 4.69) is 131 Å². The van der Waals surface area contributed by atoms with Crippen molar-refractivity contribution < 1.29 is 8.83 Å². The van der Waals surface area contributed by atoms with E-state index in [1.807, 2.05) is 12.1 Å². The topological polar surface area (TPSA) is 33.9 Å². The van der Waals surface area contributed by atoms with Gasteiger partial charge in [-0.3, -0.25) is 0 Å². The molecule has 0 saturated heterocycles. The fraction of sp³-hybridized carbons (Fsp3) is 0.0476. The Bertz CT molecular complexity index is 2850. The molecule has 12 rings (SSSR count). The van der Waals surface area contributed by atoms with E-state index in [-0.39, 0.29) is 6.04 Å². The van der Waals surface area contributed by atoms with E-state index < -0.39 is 0 Å². The molecule has 4 heteroatoms. The number of hydrogen-bond donors (Lipinski definition) is 0. The molecule has 6 aromatic carbocycles. The van der Waals surface area contributed by atoms with Gasteiger partial charge in [-0.05, 0) is 48.0 Å². The molecular weight excluding hydrogens is 564 g/mol. The van der Waals surface area contributed by atoms with Gasteiger partial charge in [0, 0.05) is 60.4 Å². The summed E-state index contributed by atoms with van der Waals surface area (Å²) in [5.74, 6) is 0.324. The molecule has 1 aliphatic heterocycles. The highest BCUT2D eigenvalue weighted by atomic mass is 16.3. The van der Waals surface area contributed by atoms with Crippen LogP contribution >= 0.6 is 0 Å². The Morgan fingerprint density at radius 1 is 0.478 bits per heavy atom. The van der Waals surface area contributed by atoms with Crippen molar-refractivity contribution in [3.05, 3.63) is 139 Å². The summed E-state index contributed by atoms with van der Waals surface area (Å²) >= 11 is 0. The lowest BCUT2D eigenvalue weighted by molar-refractivity contribution is 0.670. The number of rotatable bonds is 1. The monoisotopic (exact) mass is 588 g/mol. The molecule has 5 heterocycles. The number of para-hydroxylation sites is 3. The quantitative estimate of drug-likeness (QED) is 0.191. The third-order valence-corrected chi connectivity index (χ3v) is 10.6. The van der Waals surface area contributed by atoms with Gasteiger partial charge < -0.3 is 18.1 Å². The Hall–Kier alpha value is -6.00. The molecule has 0 amide bonds. The highest BCUT2D eigenvalue weighted by molar-refractivity contribution is 6.32. The molecule has 0 fully saturated rings. The minimum Gasteiger partial charge on any atom is -0.454 e. The number of nitrogens with zero attached hydrogens (tertiary/aromatic N) is 2. The first-order chi connectivity index (χ1) is 22.8. The highest BCUT2D eigenvalue weighted by Gasteiger charge is 2.38. The molecule has 10 aromatic rings. The summed E-state index contributed by atoms with van der Waals surface area (Å²) in [6, 6.07) is 39.7. The molecule has 4 nitrogen and oxygen atoms in total. The lowest BCUT2D eigenvalue weighted by Gasteiger charge is -2.29. The predicted octanol–water partition coefficient (Wildman–Crippen LogP) is 11.4. The molecule has 0 saturated carbocycles. The molecule has 4 aromatic heterocycles. The molecule has 1 aliphatic carbocycles. The average molecular weight is 589 g/mol. The molecular formula is C42H24N2O2. The maximum Gasteiger partial charge on any atom is 0.160 e. The lowest BCUT2D eigenvalue weighted by Crippen LogP contribution is -2.28. The maximum absolute atomic E-state index is 6.72. The second kappa shape index (κ2) is 7.98. The molecule has 0 N–H and O–H groups in total. The van der Waals surface area contributed by atoms with Crippen molar-refractivity contribution in [2.75, 3.05) is 4.90 Å². The van der Waals surface area contributed by atoms with E-state index in [4.69, 9.17) is 8.83 Å². The van der Waals surface area contributed by atoms with Gasteiger partial charge in [0.25, 0.3) is 0 Å². The van der Waals surface area contributed by atoms with Gasteiger partial charge in [0.05, 0.1) is 22.6 Å². The van der Waals surface area contributed by atoms with Gasteiger partial charge in [0.15, 0.2) is 11.2 Å². The van der Waals surface area contributed by atoms with Crippen LogP contribution in [0.5, 0.6) is 0 Å². The second-order valence-corrected chi connectivity index (χ2v) is 12.8. The van der Waals surface area contributed by atoms with Gasteiger partial charge in [-0.25, -0.2) is 0 Å². The van der Waals surface area contributed by atoms with Gasteiger partial charge >= 0.3 is 0 Å². The van der Waals surface area contributed by atoms with Crippen LogP contribution < -0.4 is 4.90 Å². The summed E-state index contributed by atoms with van der Waals surface area (Å²) < 4.78 is 15.9. The number of furan rings is 2. The number of allylic oxidation sites excluding steroid dienone is 2. The smallest absolute Gasteiger partial charge is 0.160 e. The van der Waals surface area contributed by atoms with E-state index in [1.165, 1.54) is 44.0 Å². The first kappa shape index (κ1) is 23.4. The zero-order chi connectivity index (χ0) is 29.7. The molecule has 214 valence electrons. The van der Waals surface area contributed by atoms with Gasteiger partial charge in [0.2, 0.25) is 0 Å². The van der Waals surface area contributed by atoms with E-state index >= 15 is 0 Å². The summed E-state index contributed by atoms with van der Waals surface area (Å²) in [6.45, 7) is 0. The summed E-state index contributed by atoms with van der Waals surface area (Å²) in [6.07, 6.45) is 9.07. The second-order valence-electron chi connectivity index (χ2n) is 12.8. The van der Waals surface area contributed by atoms with Gasteiger partial charge in [-0.2, -0.15) is 0 Å². The van der Waals surface area contributed by atoms with Crippen molar-refractivity contribution in [3.63, 3.8) is 0 Å². The van der Waals surface area contributed by atoms with Crippen LogP contribution in [0.25, 0.3) is 82.0 Å². The van der Waals surface area contributed by atoms with Crippen LogP contribution in [0.4, 0.5) is 11.4 Å². The Morgan fingerprint density at radius 3 is 1.72 bits per heavy atom. The third-order valence-electron chi connectivity index (χ3n) is 10.6. The van der Waals surface area contributed by atoms with Crippen molar-refractivity contribution in [3.8, 4) is 0 Å². The molecule has 0 bridgehead atoms. The highest BCUT2D eigenvalue weighted by Crippen LogP contribution is 2.51. The van der Waals surface area contributed by atoms with Crippen molar-refractivity contribution in [2.24, 2.45) is 0 Å². The van der Waals surface area contributed by atoms with Crippen LogP contribution in [0.15, 0.2) is 142 Å². The summed E-state index contributed by atoms with van der Waals surface area (Å²) in [5, 5.41) is 9.35. The summed E-state index contributed by atoms with van der Waals surface area (Å²) in [4.78, 5) is 2.54. The lowest BCUT2D eigenvalue weighted by atomic mass is 9.91. The minimum absolute atomic E-state index is 0.223. The normalized spacial score (nSPS) is 17.8. The van der Waals surface area contributed by atoms with Crippen LogP contribution in [-0.4, -0.2) is 10.4 Å². The Labute approximate surface area is 262 Å². The zero-order valence-corrected chi connectivity index (χ0v) is 24.6. The molecule has 2 atom stereocenters. The van der Waals surface area contributed by atoms with E-state index in [9.17, 15) is 0 Å². The first-order valence-electron chi connectivity index (χ1n) is 15.9. The summed E-state index contributed by atoms with van der Waals surface area (Å²) in [5.41, 5.74) is 10.9. The van der Waals surface area contributed by atoms with Crippen LogP contribution in [-0.2, 0) is 0 Å². The largest absolute Gasteiger partial charge is 0.454 e. The molecule has 0 spiro atoms. The fourth-order valence-corrected chi connectivity index (χ4v) is 8.76. The predicted molar refractivity (Wildman–Crippen MR) is 189 cm³/mol. The zero-order valence-electron chi connectivity index (χ0n) is 24.6. The number of benzene rings is 6.